The zero-order chi connectivity index (χ0) is 10.0. The number of rotatable bonds is 3. The summed E-state index contributed by atoms with van der Waals surface area (Å²) in [7, 11) is 0. The van der Waals surface area contributed by atoms with Crippen LogP contribution in [0.25, 0.3) is 0 Å². The first-order valence-electron chi connectivity index (χ1n) is 4.26. The Bertz CT molecular complexity index is 232. The summed E-state index contributed by atoms with van der Waals surface area (Å²) in [5.74, 6) is -0.434. The number of thioether (sulfide) groups is 1. The van der Waals surface area contributed by atoms with Crippen LogP contribution in [0.2, 0.25) is 0 Å². The topological polar surface area (TPSA) is 49.3 Å². The van der Waals surface area contributed by atoms with Crippen molar-refractivity contribution in [2.75, 3.05) is 0 Å². The van der Waals surface area contributed by atoms with Crippen LogP contribution in [0.15, 0.2) is 0 Å². The lowest BCUT2D eigenvalue weighted by Crippen LogP contribution is -2.41. The van der Waals surface area contributed by atoms with Gasteiger partial charge in [-0.15, -0.1) is 0 Å². The van der Waals surface area contributed by atoms with Gasteiger partial charge in [0, 0.05) is 5.25 Å². The van der Waals surface area contributed by atoms with Gasteiger partial charge in [-0.2, -0.15) is 0 Å². The number of hydrogen-bond donors (Lipinski definition) is 2. The largest absolute Gasteiger partial charge is 0.480 e. The number of hydrogen-bond acceptors (Lipinski definition) is 3. The summed E-state index contributed by atoms with van der Waals surface area (Å²) < 4.78 is 0.609. The quantitative estimate of drug-likeness (QED) is 0.704. The van der Waals surface area contributed by atoms with E-state index in [1.165, 1.54) is 11.8 Å². The van der Waals surface area contributed by atoms with Crippen molar-refractivity contribution in [2.45, 2.75) is 31.6 Å². The fourth-order valence-corrected chi connectivity index (χ4v) is 2.96. The lowest BCUT2D eigenvalue weighted by atomic mass is 9.99. The first-order chi connectivity index (χ1) is 6.06. The molecule has 0 aromatic heterocycles. The summed E-state index contributed by atoms with van der Waals surface area (Å²) in [4.78, 5) is 10.8. The van der Waals surface area contributed by atoms with Crippen LogP contribution in [-0.2, 0) is 4.79 Å². The summed E-state index contributed by atoms with van der Waals surface area (Å²) in [5, 5.41) is 11.8. The number of carboxylic acid groups (broad SMARTS) is 1. The molecule has 0 spiro atoms. The maximum Gasteiger partial charge on any atom is 0.327 e. The van der Waals surface area contributed by atoms with E-state index in [4.69, 9.17) is 17.3 Å². The van der Waals surface area contributed by atoms with Gasteiger partial charge in [-0.3, -0.25) is 0 Å². The molecule has 74 valence electrons. The highest BCUT2D eigenvalue weighted by Crippen LogP contribution is 2.31. The van der Waals surface area contributed by atoms with Crippen molar-refractivity contribution in [3.05, 3.63) is 0 Å². The van der Waals surface area contributed by atoms with Gasteiger partial charge in [-0.05, 0) is 5.92 Å². The van der Waals surface area contributed by atoms with Crippen LogP contribution in [0.1, 0.15) is 20.3 Å². The van der Waals surface area contributed by atoms with Gasteiger partial charge >= 0.3 is 5.97 Å². The monoisotopic (exact) mass is 219 g/mol. The normalized spacial score (nSPS) is 29.8. The summed E-state index contributed by atoms with van der Waals surface area (Å²) in [6.07, 6.45) is 0.978. The minimum Gasteiger partial charge on any atom is -0.480 e. The molecule has 1 fully saturated rings. The molecule has 3 unspecified atom stereocenters. The van der Waals surface area contributed by atoms with Crippen molar-refractivity contribution >= 4 is 34.3 Å². The second kappa shape index (κ2) is 4.28. The first-order valence-corrected chi connectivity index (χ1v) is 5.55. The molecular weight excluding hydrogens is 206 g/mol. The van der Waals surface area contributed by atoms with Crippen LogP contribution in [0.4, 0.5) is 0 Å². The lowest BCUT2D eigenvalue weighted by molar-refractivity contribution is -0.139. The molecule has 0 aromatic carbocycles. The third-order valence-corrected chi connectivity index (χ3v) is 4.06. The predicted molar refractivity (Wildman–Crippen MR) is 58.0 cm³/mol. The van der Waals surface area contributed by atoms with E-state index in [0.29, 0.717) is 10.2 Å². The van der Waals surface area contributed by atoms with Gasteiger partial charge in [0.1, 0.15) is 10.4 Å². The molecule has 0 bridgehead atoms. The number of aliphatic carboxylic acids is 1. The van der Waals surface area contributed by atoms with Crippen molar-refractivity contribution in [1.82, 2.24) is 5.32 Å². The molecule has 0 saturated carbocycles. The first kappa shape index (κ1) is 10.8. The van der Waals surface area contributed by atoms with E-state index < -0.39 is 12.0 Å². The lowest BCUT2D eigenvalue weighted by Gasteiger charge is -2.19. The van der Waals surface area contributed by atoms with Crippen LogP contribution >= 0.6 is 24.0 Å². The van der Waals surface area contributed by atoms with Gasteiger partial charge < -0.3 is 10.4 Å². The summed E-state index contributed by atoms with van der Waals surface area (Å²) >= 11 is 6.42. The zero-order valence-electron chi connectivity index (χ0n) is 7.61. The average Bonchev–Trinajstić information content (AvgIpc) is 2.46. The van der Waals surface area contributed by atoms with Gasteiger partial charge in [0.15, 0.2) is 0 Å². The van der Waals surface area contributed by atoms with E-state index in [2.05, 4.69) is 19.2 Å². The number of carboxylic acids is 1. The molecule has 5 heteroatoms. The van der Waals surface area contributed by atoms with E-state index in [0.717, 1.165) is 6.42 Å². The minimum atomic E-state index is -0.808. The second-order valence-electron chi connectivity index (χ2n) is 3.22. The van der Waals surface area contributed by atoms with Crippen LogP contribution in [-0.4, -0.2) is 26.7 Å². The minimum absolute atomic E-state index is 0.0787. The van der Waals surface area contributed by atoms with Crippen molar-refractivity contribution < 1.29 is 9.90 Å². The molecule has 3 atom stereocenters. The Morgan fingerprint density at radius 2 is 2.46 bits per heavy atom. The van der Waals surface area contributed by atoms with Crippen molar-refractivity contribution in [3.63, 3.8) is 0 Å². The summed E-state index contributed by atoms with van der Waals surface area (Å²) in [6, 6.07) is -0.507. The van der Waals surface area contributed by atoms with Crippen molar-refractivity contribution in [2.24, 2.45) is 5.92 Å². The molecule has 1 heterocycles. The van der Waals surface area contributed by atoms with Gasteiger partial charge in [-0.1, -0.05) is 44.2 Å². The van der Waals surface area contributed by atoms with Crippen LogP contribution in [0.5, 0.6) is 0 Å². The maximum absolute atomic E-state index is 10.8. The van der Waals surface area contributed by atoms with Crippen molar-refractivity contribution in [1.29, 1.82) is 0 Å². The third-order valence-electron chi connectivity index (χ3n) is 2.32. The Hall–Kier alpha value is -0.290. The summed E-state index contributed by atoms with van der Waals surface area (Å²) in [5.41, 5.74) is 0. The fourth-order valence-electron chi connectivity index (χ4n) is 1.31. The van der Waals surface area contributed by atoms with Gasteiger partial charge in [0.25, 0.3) is 0 Å². The van der Waals surface area contributed by atoms with Crippen LogP contribution in [0, 0.1) is 5.92 Å². The Morgan fingerprint density at radius 1 is 1.85 bits per heavy atom. The van der Waals surface area contributed by atoms with Gasteiger partial charge in [0.05, 0.1) is 0 Å². The van der Waals surface area contributed by atoms with E-state index in [9.17, 15) is 4.79 Å². The molecule has 0 radical (unpaired) electrons. The van der Waals surface area contributed by atoms with Crippen LogP contribution in [0.3, 0.4) is 0 Å². The van der Waals surface area contributed by atoms with Crippen molar-refractivity contribution in [3.8, 4) is 0 Å². The van der Waals surface area contributed by atoms with E-state index >= 15 is 0 Å². The van der Waals surface area contributed by atoms with Gasteiger partial charge in [-0.25, -0.2) is 4.79 Å². The molecule has 2 N–H and O–H groups in total. The molecule has 1 rings (SSSR count). The molecule has 13 heavy (non-hydrogen) atoms. The molecule has 1 saturated heterocycles. The third kappa shape index (κ3) is 2.34. The molecule has 0 aliphatic carbocycles. The molecule has 1 aliphatic heterocycles. The molecular formula is C8H13NO2S2. The number of thiocarbonyl (C=S) groups is 1. The fraction of sp³-hybridized carbons (Fsp3) is 0.750. The van der Waals surface area contributed by atoms with E-state index in [-0.39, 0.29) is 5.25 Å². The Labute approximate surface area is 87.3 Å². The molecule has 0 amide bonds. The highest BCUT2D eigenvalue weighted by atomic mass is 32.2. The number of carbonyl (C=O) groups is 1. The highest BCUT2D eigenvalue weighted by Gasteiger charge is 2.38. The van der Waals surface area contributed by atoms with Crippen LogP contribution < -0.4 is 5.32 Å². The average molecular weight is 219 g/mol. The maximum atomic E-state index is 10.8. The Kier molecular flexibility index (Phi) is 3.55. The number of nitrogens with one attached hydrogen (secondary N) is 1. The van der Waals surface area contributed by atoms with Gasteiger partial charge in [0.2, 0.25) is 0 Å². The standard InChI is InChI=1S/C8H13NO2S2/c1-3-4(2)6-5(7(10)11)9-8(12)13-6/h4-6H,3H2,1-2H3,(H,9,12)(H,10,11). The molecule has 0 aromatic rings. The Morgan fingerprint density at radius 3 is 2.92 bits per heavy atom. The second-order valence-corrected chi connectivity index (χ2v) is 5.07. The van der Waals surface area contributed by atoms with E-state index in [1.54, 1.807) is 0 Å². The SMILES string of the molecule is CCC(C)C1SC(=S)NC1C(=O)O. The highest BCUT2D eigenvalue weighted by molar-refractivity contribution is 8.23. The molecule has 1 aliphatic rings. The molecule has 3 nitrogen and oxygen atoms in total. The predicted octanol–water partition coefficient (Wildman–Crippen LogP) is 1.48. The zero-order valence-corrected chi connectivity index (χ0v) is 9.24. The summed E-state index contributed by atoms with van der Waals surface area (Å²) in [6.45, 7) is 4.12. The smallest absolute Gasteiger partial charge is 0.327 e. The Balaban J connectivity index is 2.71. The van der Waals surface area contributed by atoms with E-state index in [1.807, 2.05) is 0 Å².